The zero-order valence-corrected chi connectivity index (χ0v) is 22.7. The number of nitrogens with one attached hydrogen (secondary N) is 2. The van der Waals surface area contributed by atoms with Gasteiger partial charge < -0.3 is 14.9 Å². The molecule has 0 aromatic heterocycles. The zero-order chi connectivity index (χ0) is 27.2. The number of hydrogen-bond acceptors (Lipinski definition) is 10. The van der Waals surface area contributed by atoms with E-state index in [0.717, 1.165) is 17.3 Å². The lowest BCUT2D eigenvalue weighted by Crippen LogP contribution is -2.57. The van der Waals surface area contributed by atoms with Gasteiger partial charge in [-0.3, -0.25) is 28.9 Å². The zero-order valence-electron chi connectivity index (χ0n) is 21.0. The van der Waals surface area contributed by atoms with Gasteiger partial charge in [0.25, 0.3) is 0 Å². The average molecular weight is 560 g/mol. The van der Waals surface area contributed by atoms with Crippen molar-refractivity contribution < 1.29 is 42.9 Å². The summed E-state index contributed by atoms with van der Waals surface area (Å²) in [5.74, 6) is -1.10. The normalized spacial score (nSPS) is 26.1. The van der Waals surface area contributed by atoms with E-state index in [1.54, 1.807) is 20.8 Å². The third kappa shape index (κ3) is 8.08. The number of amides is 3. The van der Waals surface area contributed by atoms with Crippen molar-refractivity contribution in [2.75, 3.05) is 25.7 Å². The Labute approximate surface area is 220 Å². The third-order valence-electron chi connectivity index (χ3n) is 6.05. The molecular formula is C23H34N3O9PS. The number of aliphatic hydroxyl groups excluding tert-OH is 2. The van der Waals surface area contributed by atoms with Crippen molar-refractivity contribution in [3.05, 3.63) is 35.9 Å². The molecule has 0 bridgehead atoms. The maximum atomic E-state index is 13.5. The molecule has 3 amide bonds. The Morgan fingerprint density at radius 3 is 2.68 bits per heavy atom. The minimum Gasteiger partial charge on any atom is -0.395 e. The molecule has 5 atom stereocenters. The Bertz CT molecular complexity index is 1010. The van der Waals surface area contributed by atoms with E-state index >= 15 is 0 Å². The molecule has 4 N–H and O–H groups in total. The van der Waals surface area contributed by atoms with Crippen LogP contribution in [0.15, 0.2) is 30.3 Å². The van der Waals surface area contributed by atoms with Gasteiger partial charge in [0.05, 0.1) is 30.7 Å². The summed E-state index contributed by atoms with van der Waals surface area (Å²) in [6, 6.07) is 8.53. The monoisotopic (exact) mass is 559 g/mol. The molecular weight excluding hydrogens is 525 g/mol. The SMILES string of the molecule is CC1CN([C@@H]2C[C@H](O)[C@H](COP(=O)(NCc3ccccc3)OCSC(=O)C(C)(C)CO)O2)C(=O)NC1=O. The van der Waals surface area contributed by atoms with E-state index in [1.807, 2.05) is 30.3 Å². The first-order chi connectivity index (χ1) is 17.4. The van der Waals surface area contributed by atoms with Crippen molar-refractivity contribution in [3.8, 4) is 0 Å². The molecule has 14 heteroatoms. The number of aliphatic hydroxyl groups is 2. The van der Waals surface area contributed by atoms with E-state index < -0.39 is 43.5 Å². The molecule has 0 saturated carbocycles. The standard InChI is InChI=1S/C23H34N3O9PS/c1-15-11-26(22(31)25-20(15)29)19-9-17(28)18(35-19)12-33-36(32,24-10-16-7-5-4-6-8-16)34-14-37-21(30)23(2,3)13-27/h4-8,15,17-19,27-28H,9-14H2,1-3H3,(H,24,32)(H,25,29,31)/t15?,17-,18-,19-,36?/m0/s1. The van der Waals surface area contributed by atoms with Gasteiger partial charge in [0, 0.05) is 19.5 Å². The summed E-state index contributed by atoms with van der Waals surface area (Å²) in [7, 11) is -3.98. The molecule has 206 valence electrons. The number of hydrogen-bond donors (Lipinski definition) is 4. The Morgan fingerprint density at radius 2 is 2.00 bits per heavy atom. The van der Waals surface area contributed by atoms with Crippen LogP contribution in [0.3, 0.4) is 0 Å². The molecule has 2 fully saturated rings. The first-order valence-corrected chi connectivity index (χ1v) is 14.4. The molecule has 2 aliphatic heterocycles. The summed E-state index contributed by atoms with van der Waals surface area (Å²) in [4.78, 5) is 37.6. The van der Waals surface area contributed by atoms with Crippen LogP contribution in [0, 0.1) is 11.3 Å². The van der Waals surface area contributed by atoms with Gasteiger partial charge >= 0.3 is 13.8 Å². The maximum absolute atomic E-state index is 13.5. The molecule has 2 aliphatic rings. The van der Waals surface area contributed by atoms with Crippen molar-refractivity contribution in [1.29, 1.82) is 0 Å². The highest BCUT2D eigenvalue weighted by Gasteiger charge is 2.43. The van der Waals surface area contributed by atoms with Gasteiger partial charge in [-0.05, 0) is 19.4 Å². The average Bonchev–Trinajstić information content (AvgIpc) is 3.24. The lowest BCUT2D eigenvalue weighted by atomic mass is 9.97. The second-order valence-corrected chi connectivity index (χ2v) is 12.3. The predicted octanol–water partition coefficient (Wildman–Crippen LogP) is 1.82. The summed E-state index contributed by atoms with van der Waals surface area (Å²) < 4.78 is 30.4. The summed E-state index contributed by atoms with van der Waals surface area (Å²) in [6.07, 6.45) is -2.63. The topological polar surface area (TPSA) is 164 Å². The number of imide groups is 1. The summed E-state index contributed by atoms with van der Waals surface area (Å²) in [6.45, 7) is 4.47. The van der Waals surface area contributed by atoms with Crippen LogP contribution in [0.25, 0.3) is 0 Å². The van der Waals surface area contributed by atoms with Gasteiger partial charge in [0.1, 0.15) is 18.3 Å². The van der Waals surface area contributed by atoms with E-state index in [2.05, 4.69) is 10.4 Å². The number of carbonyl (C=O) groups excluding carboxylic acids is 3. The molecule has 0 spiro atoms. The molecule has 0 radical (unpaired) electrons. The minimum absolute atomic E-state index is 0.0888. The Balaban J connectivity index is 1.61. The van der Waals surface area contributed by atoms with Gasteiger partial charge in [-0.2, -0.15) is 0 Å². The van der Waals surface area contributed by atoms with Gasteiger partial charge in [0.15, 0.2) is 5.12 Å². The highest BCUT2D eigenvalue weighted by Crippen LogP contribution is 2.46. The van der Waals surface area contributed by atoms with Gasteiger partial charge in [-0.25, -0.2) is 14.4 Å². The van der Waals surface area contributed by atoms with E-state index in [1.165, 1.54) is 4.90 Å². The number of carbonyl (C=O) groups is 3. The maximum Gasteiger partial charge on any atom is 0.406 e. The minimum atomic E-state index is -3.98. The second kappa shape index (κ2) is 12.8. The van der Waals surface area contributed by atoms with Crippen LogP contribution >= 0.6 is 19.5 Å². The molecule has 2 unspecified atom stereocenters. The number of ether oxygens (including phenoxy) is 1. The largest absolute Gasteiger partial charge is 0.406 e. The van der Waals surface area contributed by atoms with Crippen LogP contribution in [0.1, 0.15) is 32.8 Å². The number of thioether (sulfide) groups is 1. The fourth-order valence-electron chi connectivity index (χ4n) is 3.56. The Morgan fingerprint density at radius 1 is 1.30 bits per heavy atom. The van der Waals surface area contributed by atoms with Crippen molar-refractivity contribution in [1.82, 2.24) is 15.3 Å². The number of urea groups is 1. The lowest BCUT2D eigenvalue weighted by Gasteiger charge is -2.34. The molecule has 37 heavy (non-hydrogen) atoms. The summed E-state index contributed by atoms with van der Waals surface area (Å²) in [5, 5.41) is 24.6. The van der Waals surface area contributed by atoms with Crippen molar-refractivity contribution in [2.24, 2.45) is 11.3 Å². The van der Waals surface area contributed by atoms with E-state index in [4.69, 9.17) is 13.8 Å². The fraction of sp³-hybridized carbons (Fsp3) is 0.609. The summed E-state index contributed by atoms with van der Waals surface area (Å²) >= 11 is 0.762. The molecule has 3 rings (SSSR count). The second-order valence-electron chi connectivity index (χ2n) is 9.61. The first-order valence-electron chi connectivity index (χ1n) is 11.9. The van der Waals surface area contributed by atoms with Gasteiger partial charge in [0.2, 0.25) is 5.91 Å². The highest BCUT2D eigenvalue weighted by molar-refractivity contribution is 8.13. The van der Waals surface area contributed by atoms with Gasteiger partial charge in [-0.1, -0.05) is 49.0 Å². The Hall–Kier alpha value is -1.83. The van der Waals surface area contributed by atoms with Crippen LogP contribution in [0.4, 0.5) is 4.79 Å². The smallest absolute Gasteiger partial charge is 0.395 e. The van der Waals surface area contributed by atoms with Crippen molar-refractivity contribution in [2.45, 2.75) is 52.2 Å². The lowest BCUT2D eigenvalue weighted by molar-refractivity contribution is -0.128. The van der Waals surface area contributed by atoms with E-state index in [-0.39, 0.29) is 49.7 Å². The predicted molar refractivity (Wildman–Crippen MR) is 135 cm³/mol. The fourth-order valence-corrected chi connectivity index (χ4v) is 5.87. The molecule has 1 aromatic carbocycles. The third-order valence-corrected chi connectivity index (χ3v) is 8.78. The summed E-state index contributed by atoms with van der Waals surface area (Å²) in [5.41, 5.74) is -0.173. The number of nitrogens with zero attached hydrogens (tertiary/aromatic N) is 1. The van der Waals surface area contributed by atoms with Crippen LogP contribution in [0.2, 0.25) is 0 Å². The van der Waals surface area contributed by atoms with E-state index in [0.29, 0.717) is 0 Å². The molecule has 0 aliphatic carbocycles. The molecule has 2 heterocycles. The van der Waals surface area contributed by atoms with Crippen molar-refractivity contribution in [3.63, 3.8) is 0 Å². The van der Waals surface area contributed by atoms with Crippen LogP contribution < -0.4 is 10.4 Å². The van der Waals surface area contributed by atoms with Crippen LogP contribution in [0.5, 0.6) is 0 Å². The first kappa shape index (κ1) is 29.7. The Kier molecular flexibility index (Phi) is 10.3. The molecule has 2 saturated heterocycles. The van der Waals surface area contributed by atoms with E-state index in [9.17, 15) is 29.2 Å². The molecule has 12 nitrogen and oxygen atoms in total. The van der Waals surface area contributed by atoms with Crippen molar-refractivity contribution >= 4 is 36.6 Å². The van der Waals surface area contributed by atoms with Gasteiger partial charge in [-0.15, -0.1) is 0 Å². The number of rotatable bonds is 12. The van der Waals surface area contributed by atoms with Crippen LogP contribution in [-0.4, -0.2) is 76.3 Å². The quantitative estimate of drug-likeness (QED) is 0.218. The number of benzene rings is 1. The highest BCUT2D eigenvalue weighted by atomic mass is 32.2. The van der Waals surface area contributed by atoms with Crippen LogP contribution in [-0.2, 0) is 34.5 Å². The molecule has 1 aromatic rings.